The normalized spacial score (nSPS) is 12.4. The smallest absolute Gasteiger partial charge is 0.0596 e. The SMILES string of the molecule is C#CCN(C)CC(C)c1ccccc1. The van der Waals surface area contributed by atoms with Crippen molar-refractivity contribution in [2.45, 2.75) is 12.8 Å². The second-order valence-electron chi connectivity index (χ2n) is 3.71. The molecule has 1 aromatic rings. The number of nitrogens with zero attached hydrogens (tertiary/aromatic N) is 1. The molecular formula is C13H17N. The quantitative estimate of drug-likeness (QED) is 0.654. The minimum atomic E-state index is 0.537. The van der Waals surface area contributed by atoms with Crippen LogP contribution in [0.5, 0.6) is 0 Å². The van der Waals surface area contributed by atoms with Crippen LogP contribution in [0, 0.1) is 12.3 Å². The number of likely N-dealkylation sites (N-methyl/N-ethyl adjacent to an activating group) is 1. The Morgan fingerprint density at radius 1 is 1.36 bits per heavy atom. The molecule has 0 amide bonds. The van der Waals surface area contributed by atoms with Gasteiger partial charge in [0.1, 0.15) is 0 Å². The van der Waals surface area contributed by atoms with Gasteiger partial charge in [-0.1, -0.05) is 43.2 Å². The van der Waals surface area contributed by atoms with Gasteiger partial charge >= 0.3 is 0 Å². The molecule has 0 aliphatic carbocycles. The molecule has 0 aliphatic heterocycles. The summed E-state index contributed by atoms with van der Waals surface area (Å²) in [5, 5.41) is 0. The van der Waals surface area contributed by atoms with Crippen LogP contribution in [0.2, 0.25) is 0 Å². The van der Waals surface area contributed by atoms with Crippen molar-refractivity contribution in [2.75, 3.05) is 20.1 Å². The van der Waals surface area contributed by atoms with Crippen LogP contribution in [0.15, 0.2) is 30.3 Å². The van der Waals surface area contributed by atoms with Gasteiger partial charge in [0.15, 0.2) is 0 Å². The Labute approximate surface area is 86.7 Å². The maximum absolute atomic E-state index is 5.25. The van der Waals surface area contributed by atoms with E-state index in [-0.39, 0.29) is 0 Å². The summed E-state index contributed by atoms with van der Waals surface area (Å²) in [6.45, 7) is 3.95. The van der Waals surface area contributed by atoms with Crippen molar-refractivity contribution in [1.82, 2.24) is 4.90 Å². The van der Waals surface area contributed by atoms with Gasteiger partial charge in [0.2, 0.25) is 0 Å². The van der Waals surface area contributed by atoms with E-state index in [0.29, 0.717) is 5.92 Å². The molecule has 1 heteroatoms. The third kappa shape index (κ3) is 3.24. The van der Waals surface area contributed by atoms with Crippen LogP contribution in [0.25, 0.3) is 0 Å². The molecule has 14 heavy (non-hydrogen) atoms. The van der Waals surface area contributed by atoms with Gasteiger partial charge in [0, 0.05) is 6.54 Å². The van der Waals surface area contributed by atoms with E-state index in [0.717, 1.165) is 13.1 Å². The summed E-state index contributed by atoms with van der Waals surface area (Å²) in [5.74, 6) is 3.19. The van der Waals surface area contributed by atoms with E-state index in [4.69, 9.17) is 6.42 Å². The molecule has 0 bridgehead atoms. The summed E-state index contributed by atoms with van der Waals surface area (Å²) in [6.07, 6.45) is 5.25. The number of hydrogen-bond acceptors (Lipinski definition) is 1. The van der Waals surface area contributed by atoms with Gasteiger partial charge in [0.05, 0.1) is 6.54 Å². The molecule has 1 unspecified atom stereocenters. The summed E-state index contributed by atoms with van der Waals surface area (Å²) in [7, 11) is 2.05. The lowest BCUT2D eigenvalue weighted by Crippen LogP contribution is -2.23. The molecule has 0 radical (unpaired) electrons. The lowest BCUT2D eigenvalue weighted by atomic mass is 10.0. The minimum Gasteiger partial charge on any atom is -0.295 e. The molecule has 0 N–H and O–H groups in total. The van der Waals surface area contributed by atoms with Crippen molar-refractivity contribution in [3.63, 3.8) is 0 Å². The number of benzene rings is 1. The summed E-state index contributed by atoms with van der Waals surface area (Å²) in [6, 6.07) is 10.5. The van der Waals surface area contributed by atoms with Crippen molar-refractivity contribution in [3.8, 4) is 12.3 Å². The van der Waals surface area contributed by atoms with Crippen molar-refractivity contribution in [2.24, 2.45) is 0 Å². The first-order valence-corrected chi connectivity index (χ1v) is 4.91. The highest BCUT2D eigenvalue weighted by Gasteiger charge is 2.06. The highest BCUT2D eigenvalue weighted by atomic mass is 15.1. The van der Waals surface area contributed by atoms with Crippen LogP contribution in [0.3, 0.4) is 0 Å². The van der Waals surface area contributed by atoms with Crippen LogP contribution in [0.4, 0.5) is 0 Å². The van der Waals surface area contributed by atoms with Gasteiger partial charge in [-0.2, -0.15) is 0 Å². The standard InChI is InChI=1S/C13H17N/c1-4-10-14(3)11-12(2)13-8-6-5-7-9-13/h1,5-9,12H,10-11H2,2-3H3. The molecule has 1 rings (SSSR count). The fourth-order valence-electron chi connectivity index (χ4n) is 1.57. The molecule has 0 spiro atoms. The number of terminal acetylenes is 1. The van der Waals surface area contributed by atoms with E-state index in [1.807, 2.05) is 6.07 Å². The van der Waals surface area contributed by atoms with Gasteiger partial charge < -0.3 is 0 Å². The highest BCUT2D eigenvalue weighted by molar-refractivity contribution is 5.19. The van der Waals surface area contributed by atoms with Crippen molar-refractivity contribution in [3.05, 3.63) is 35.9 Å². The predicted octanol–water partition coefficient (Wildman–Crippen LogP) is 2.36. The highest BCUT2D eigenvalue weighted by Crippen LogP contribution is 2.14. The average molecular weight is 187 g/mol. The molecule has 0 aromatic heterocycles. The van der Waals surface area contributed by atoms with Gasteiger partial charge in [-0.05, 0) is 18.5 Å². The largest absolute Gasteiger partial charge is 0.295 e. The summed E-state index contributed by atoms with van der Waals surface area (Å²) in [4.78, 5) is 2.16. The van der Waals surface area contributed by atoms with Gasteiger partial charge in [-0.3, -0.25) is 4.90 Å². The summed E-state index contributed by atoms with van der Waals surface area (Å²) in [5.41, 5.74) is 1.37. The predicted molar refractivity (Wildman–Crippen MR) is 61.2 cm³/mol. The molecule has 0 aliphatic rings. The lowest BCUT2D eigenvalue weighted by Gasteiger charge is -2.19. The Bertz CT molecular complexity index is 297. The van der Waals surface area contributed by atoms with E-state index in [9.17, 15) is 0 Å². The summed E-state index contributed by atoms with van der Waals surface area (Å²) < 4.78 is 0. The molecule has 1 aromatic carbocycles. The molecule has 1 atom stereocenters. The molecule has 0 heterocycles. The van der Waals surface area contributed by atoms with Crippen LogP contribution >= 0.6 is 0 Å². The van der Waals surface area contributed by atoms with E-state index in [2.05, 4.69) is 49.1 Å². The van der Waals surface area contributed by atoms with Gasteiger partial charge in [-0.15, -0.1) is 6.42 Å². The third-order valence-electron chi connectivity index (χ3n) is 2.32. The Morgan fingerprint density at radius 3 is 2.57 bits per heavy atom. The van der Waals surface area contributed by atoms with Crippen molar-refractivity contribution < 1.29 is 0 Å². The fourth-order valence-corrected chi connectivity index (χ4v) is 1.57. The first-order valence-electron chi connectivity index (χ1n) is 4.91. The molecule has 0 saturated heterocycles. The number of rotatable bonds is 4. The Balaban J connectivity index is 2.51. The number of hydrogen-bond donors (Lipinski definition) is 0. The average Bonchev–Trinajstić information content (AvgIpc) is 2.19. The van der Waals surface area contributed by atoms with E-state index >= 15 is 0 Å². The van der Waals surface area contributed by atoms with Crippen LogP contribution in [0.1, 0.15) is 18.4 Å². The fraction of sp³-hybridized carbons (Fsp3) is 0.385. The topological polar surface area (TPSA) is 3.24 Å². The summed E-state index contributed by atoms with van der Waals surface area (Å²) >= 11 is 0. The second-order valence-corrected chi connectivity index (χ2v) is 3.71. The third-order valence-corrected chi connectivity index (χ3v) is 2.32. The van der Waals surface area contributed by atoms with Crippen LogP contribution in [-0.2, 0) is 0 Å². The molecule has 74 valence electrons. The molecular weight excluding hydrogens is 170 g/mol. The van der Waals surface area contributed by atoms with Crippen LogP contribution < -0.4 is 0 Å². The van der Waals surface area contributed by atoms with Crippen molar-refractivity contribution >= 4 is 0 Å². The second kappa shape index (κ2) is 5.47. The molecule has 0 saturated carbocycles. The van der Waals surface area contributed by atoms with E-state index in [1.54, 1.807) is 0 Å². The molecule has 0 fully saturated rings. The Morgan fingerprint density at radius 2 is 2.00 bits per heavy atom. The monoisotopic (exact) mass is 187 g/mol. The molecule has 1 nitrogen and oxygen atoms in total. The van der Waals surface area contributed by atoms with E-state index in [1.165, 1.54) is 5.56 Å². The van der Waals surface area contributed by atoms with Gasteiger partial charge in [0.25, 0.3) is 0 Å². The zero-order valence-electron chi connectivity index (χ0n) is 8.90. The zero-order chi connectivity index (χ0) is 10.4. The van der Waals surface area contributed by atoms with E-state index < -0.39 is 0 Å². The zero-order valence-corrected chi connectivity index (χ0v) is 8.90. The maximum Gasteiger partial charge on any atom is 0.0596 e. The van der Waals surface area contributed by atoms with Gasteiger partial charge in [-0.25, -0.2) is 0 Å². The Kier molecular flexibility index (Phi) is 4.22. The lowest BCUT2D eigenvalue weighted by molar-refractivity contribution is 0.354. The minimum absolute atomic E-state index is 0.537. The first-order chi connectivity index (χ1) is 6.74. The van der Waals surface area contributed by atoms with Crippen LogP contribution in [-0.4, -0.2) is 25.0 Å². The Hall–Kier alpha value is -1.26. The maximum atomic E-state index is 5.25. The van der Waals surface area contributed by atoms with Crippen molar-refractivity contribution in [1.29, 1.82) is 0 Å². The first kappa shape index (κ1) is 10.8.